The minimum absolute atomic E-state index is 0.244. The maximum atomic E-state index is 13.5. The maximum absolute atomic E-state index is 13.5. The Morgan fingerprint density at radius 3 is 2.56 bits per heavy atom. The van der Waals surface area contributed by atoms with Gasteiger partial charge in [-0.15, -0.1) is 0 Å². The molecule has 84 valence electrons. The molecule has 0 fully saturated rings. The second-order valence-electron chi connectivity index (χ2n) is 3.65. The fourth-order valence-corrected chi connectivity index (χ4v) is 1.70. The van der Waals surface area contributed by atoms with Crippen LogP contribution in [0.25, 0.3) is 11.3 Å². The lowest BCUT2D eigenvalue weighted by molar-refractivity contribution is 0.386. The second kappa shape index (κ2) is 3.96. The fourth-order valence-electron chi connectivity index (χ4n) is 1.70. The van der Waals surface area contributed by atoms with Gasteiger partial charge in [-0.2, -0.15) is 0 Å². The van der Waals surface area contributed by atoms with Crippen LogP contribution in [0, 0.1) is 19.7 Å². The van der Waals surface area contributed by atoms with Gasteiger partial charge in [0.2, 0.25) is 0 Å². The van der Waals surface area contributed by atoms with E-state index in [1.165, 1.54) is 13.2 Å². The van der Waals surface area contributed by atoms with Gasteiger partial charge in [-0.1, -0.05) is 0 Å². The predicted octanol–water partition coefficient (Wildman–Crippen LogP) is 2.84. The molecule has 0 radical (unpaired) electrons. The molecule has 2 aromatic rings. The van der Waals surface area contributed by atoms with Crippen molar-refractivity contribution in [2.24, 2.45) is 0 Å². The Morgan fingerprint density at radius 1 is 1.31 bits per heavy atom. The van der Waals surface area contributed by atoms with Gasteiger partial charge in [0.25, 0.3) is 0 Å². The summed E-state index contributed by atoms with van der Waals surface area (Å²) in [6.07, 6.45) is 0. The molecule has 0 saturated heterocycles. The SMILES string of the molecule is COc1ccc(-c2nc(C)[nH]c2C)cc1F. The number of aromatic amines is 1. The van der Waals surface area contributed by atoms with Gasteiger partial charge in [0.05, 0.1) is 12.8 Å². The largest absolute Gasteiger partial charge is 0.494 e. The van der Waals surface area contributed by atoms with E-state index in [1.807, 2.05) is 13.8 Å². The van der Waals surface area contributed by atoms with Gasteiger partial charge in [-0.05, 0) is 32.0 Å². The molecule has 0 bridgehead atoms. The van der Waals surface area contributed by atoms with Crippen LogP contribution < -0.4 is 4.74 Å². The van der Waals surface area contributed by atoms with E-state index < -0.39 is 0 Å². The highest BCUT2D eigenvalue weighted by atomic mass is 19.1. The summed E-state index contributed by atoms with van der Waals surface area (Å²) in [5.41, 5.74) is 2.46. The molecule has 0 saturated carbocycles. The quantitative estimate of drug-likeness (QED) is 0.845. The summed E-state index contributed by atoms with van der Waals surface area (Å²) in [6, 6.07) is 4.83. The van der Waals surface area contributed by atoms with Crippen molar-refractivity contribution >= 4 is 0 Å². The van der Waals surface area contributed by atoms with Gasteiger partial charge in [-0.25, -0.2) is 9.37 Å². The molecule has 2 rings (SSSR count). The number of H-pyrrole nitrogens is 1. The molecule has 0 aliphatic heterocycles. The molecule has 1 N–H and O–H groups in total. The minimum atomic E-state index is -0.375. The molecule has 0 spiro atoms. The Hall–Kier alpha value is -1.84. The normalized spacial score (nSPS) is 10.5. The first-order chi connectivity index (χ1) is 7.61. The van der Waals surface area contributed by atoms with E-state index in [9.17, 15) is 4.39 Å². The van der Waals surface area contributed by atoms with Crippen LogP contribution in [0.15, 0.2) is 18.2 Å². The number of aryl methyl sites for hydroxylation is 2. The van der Waals surface area contributed by atoms with Crippen molar-refractivity contribution in [2.45, 2.75) is 13.8 Å². The molecule has 0 amide bonds. The van der Waals surface area contributed by atoms with Gasteiger partial charge in [0, 0.05) is 11.3 Å². The van der Waals surface area contributed by atoms with E-state index in [1.54, 1.807) is 12.1 Å². The number of rotatable bonds is 2. The predicted molar refractivity (Wildman–Crippen MR) is 60.0 cm³/mol. The first-order valence-corrected chi connectivity index (χ1v) is 4.99. The highest BCUT2D eigenvalue weighted by Crippen LogP contribution is 2.26. The van der Waals surface area contributed by atoms with Gasteiger partial charge in [0.1, 0.15) is 5.82 Å². The molecule has 0 unspecified atom stereocenters. The zero-order valence-corrected chi connectivity index (χ0v) is 9.47. The van der Waals surface area contributed by atoms with E-state index in [0.717, 1.165) is 22.8 Å². The summed E-state index contributed by atoms with van der Waals surface area (Å²) in [5, 5.41) is 0. The first kappa shape index (κ1) is 10.7. The smallest absolute Gasteiger partial charge is 0.165 e. The van der Waals surface area contributed by atoms with Gasteiger partial charge >= 0.3 is 0 Å². The number of hydrogen-bond acceptors (Lipinski definition) is 2. The summed E-state index contributed by atoms with van der Waals surface area (Å²) in [4.78, 5) is 7.40. The number of nitrogens with one attached hydrogen (secondary N) is 1. The van der Waals surface area contributed by atoms with Gasteiger partial charge < -0.3 is 9.72 Å². The van der Waals surface area contributed by atoms with Crippen LogP contribution in [0.5, 0.6) is 5.75 Å². The first-order valence-electron chi connectivity index (χ1n) is 4.99. The van der Waals surface area contributed by atoms with Crippen molar-refractivity contribution < 1.29 is 9.13 Å². The zero-order valence-electron chi connectivity index (χ0n) is 9.47. The Balaban J connectivity index is 2.49. The zero-order chi connectivity index (χ0) is 11.7. The third-order valence-corrected chi connectivity index (χ3v) is 2.43. The maximum Gasteiger partial charge on any atom is 0.165 e. The lowest BCUT2D eigenvalue weighted by Gasteiger charge is -2.03. The number of aromatic nitrogens is 2. The van der Waals surface area contributed by atoms with E-state index >= 15 is 0 Å². The number of halogens is 1. The second-order valence-corrected chi connectivity index (χ2v) is 3.65. The highest BCUT2D eigenvalue weighted by molar-refractivity contribution is 5.63. The fraction of sp³-hybridized carbons (Fsp3) is 0.250. The summed E-state index contributed by atoms with van der Waals surface area (Å²) in [5.74, 6) is 0.692. The van der Waals surface area contributed by atoms with Crippen molar-refractivity contribution in [2.75, 3.05) is 7.11 Å². The molecule has 0 aliphatic carbocycles. The Bertz CT molecular complexity index is 520. The van der Waals surface area contributed by atoms with Crippen LogP contribution in [-0.4, -0.2) is 17.1 Å². The van der Waals surface area contributed by atoms with E-state index in [4.69, 9.17) is 4.74 Å². The molecule has 4 heteroatoms. The van der Waals surface area contributed by atoms with Crippen LogP contribution in [0.4, 0.5) is 4.39 Å². The van der Waals surface area contributed by atoms with Crippen LogP contribution in [0.3, 0.4) is 0 Å². The summed E-state index contributed by atoms with van der Waals surface area (Å²) < 4.78 is 18.4. The molecule has 3 nitrogen and oxygen atoms in total. The molecule has 1 aromatic heterocycles. The lowest BCUT2D eigenvalue weighted by Crippen LogP contribution is -1.89. The van der Waals surface area contributed by atoms with Gasteiger partial charge in [-0.3, -0.25) is 0 Å². The molecule has 1 aromatic carbocycles. The van der Waals surface area contributed by atoms with E-state index in [2.05, 4.69) is 9.97 Å². The average molecular weight is 220 g/mol. The van der Waals surface area contributed by atoms with Crippen LogP contribution >= 0.6 is 0 Å². The monoisotopic (exact) mass is 220 g/mol. The number of methoxy groups -OCH3 is 1. The van der Waals surface area contributed by atoms with Crippen LogP contribution in [0.1, 0.15) is 11.5 Å². The van der Waals surface area contributed by atoms with Crippen LogP contribution in [-0.2, 0) is 0 Å². The third kappa shape index (κ3) is 1.78. The molecular formula is C12H13FN2O. The minimum Gasteiger partial charge on any atom is -0.494 e. The van der Waals surface area contributed by atoms with Crippen molar-refractivity contribution in [1.82, 2.24) is 9.97 Å². The number of imidazole rings is 1. The molecular weight excluding hydrogens is 207 g/mol. The number of nitrogens with zero attached hydrogens (tertiary/aromatic N) is 1. The van der Waals surface area contributed by atoms with Crippen molar-refractivity contribution in [1.29, 1.82) is 0 Å². The average Bonchev–Trinajstić information content (AvgIpc) is 2.58. The van der Waals surface area contributed by atoms with Crippen molar-refractivity contribution in [3.8, 4) is 17.0 Å². The number of benzene rings is 1. The molecule has 0 atom stereocenters. The standard InChI is InChI=1S/C12H13FN2O/c1-7-12(15-8(2)14-7)9-4-5-11(16-3)10(13)6-9/h4-6H,1-3H3,(H,14,15). The lowest BCUT2D eigenvalue weighted by atomic mass is 10.1. The van der Waals surface area contributed by atoms with E-state index in [0.29, 0.717) is 0 Å². The summed E-state index contributed by atoms with van der Waals surface area (Å²) in [7, 11) is 1.45. The Labute approximate surface area is 93.3 Å². The van der Waals surface area contributed by atoms with Crippen molar-refractivity contribution in [3.05, 3.63) is 35.5 Å². The molecule has 1 heterocycles. The topological polar surface area (TPSA) is 37.9 Å². The summed E-state index contributed by atoms with van der Waals surface area (Å²) >= 11 is 0. The highest BCUT2D eigenvalue weighted by Gasteiger charge is 2.10. The Morgan fingerprint density at radius 2 is 2.06 bits per heavy atom. The van der Waals surface area contributed by atoms with E-state index in [-0.39, 0.29) is 11.6 Å². The van der Waals surface area contributed by atoms with Crippen molar-refractivity contribution in [3.63, 3.8) is 0 Å². The van der Waals surface area contributed by atoms with Gasteiger partial charge in [0.15, 0.2) is 11.6 Å². The molecule has 0 aliphatic rings. The van der Waals surface area contributed by atoms with Crippen LogP contribution in [0.2, 0.25) is 0 Å². The summed E-state index contributed by atoms with van der Waals surface area (Å²) in [6.45, 7) is 3.79. The molecule has 16 heavy (non-hydrogen) atoms. The number of hydrogen-bond donors (Lipinski definition) is 1. The third-order valence-electron chi connectivity index (χ3n) is 2.43. The number of ether oxygens (including phenoxy) is 1. The Kier molecular flexibility index (Phi) is 2.64.